The van der Waals surface area contributed by atoms with Crippen molar-refractivity contribution in [3.63, 3.8) is 0 Å². The SMILES string of the molecule is CCCCC(C)CB(C1CCCCC1)C1CCCCC1. The molecule has 2 aliphatic carbocycles. The molecule has 0 aliphatic heterocycles. The molecule has 1 atom stereocenters. The van der Waals surface area contributed by atoms with Crippen molar-refractivity contribution in [2.45, 2.75) is 115 Å². The van der Waals surface area contributed by atoms with E-state index in [9.17, 15) is 0 Å². The Hall–Kier alpha value is 0.0649. The highest BCUT2D eigenvalue weighted by Gasteiger charge is 2.34. The van der Waals surface area contributed by atoms with E-state index in [-0.39, 0.29) is 0 Å². The molecule has 0 bridgehead atoms. The van der Waals surface area contributed by atoms with Crippen molar-refractivity contribution in [2.24, 2.45) is 5.92 Å². The Morgan fingerprint density at radius 1 is 0.850 bits per heavy atom. The monoisotopic (exact) mass is 276 g/mol. The normalized spacial score (nSPS) is 23.7. The van der Waals surface area contributed by atoms with Crippen LogP contribution in [0.3, 0.4) is 0 Å². The third-order valence-corrected chi connectivity index (χ3v) is 6.24. The summed E-state index contributed by atoms with van der Waals surface area (Å²) in [5, 5.41) is 0. The molecule has 0 saturated heterocycles. The third kappa shape index (κ3) is 5.12. The van der Waals surface area contributed by atoms with E-state index >= 15 is 0 Å². The summed E-state index contributed by atoms with van der Waals surface area (Å²) < 4.78 is 0. The first-order valence-corrected chi connectivity index (χ1v) is 9.81. The summed E-state index contributed by atoms with van der Waals surface area (Å²) >= 11 is 0. The molecule has 0 aromatic rings. The van der Waals surface area contributed by atoms with Crippen LogP contribution in [0.25, 0.3) is 0 Å². The molecule has 2 aliphatic rings. The van der Waals surface area contributed by atoms with E-state index in [1.54, 1.807) is 32.0 Å². The minimum atomic E-state index is 0.976. The highest BCUT2D eigenvalue weighted by atomic mass is 14.2. The molecule has 1 heteroatoms. The average molecular weight is 276 g/mol. The van der Waals surface area contributed by atoms with E-state index in [2.05, 4.69) is 13.8 Å². The molecular formula is C19H37B. The van der Waals surface area contributed by atoms with Gasteiger partial charge in [-0.05, 0) is 0 Å². The molecule has 0 nitrogen and oxygen atoms in total. The van der Waals surface area contributed by atoms with Gasteiger partial charge in [-0.1, -0.05) is 121 Å². The molecule has 2 rings (SSSR count). The van der Waals surface area contributed by atoms with Crippen LogP contribution in [0.15, 0.2) is 0 Å². The van der Waals surface area contributed by atoms with Crippen LogP contribution >= 0.6 is 0 Å². The van der Waals surface area contributed by atoms with Gasteiger partial charge < -0.3 is 0 Å². The predicted octanol–water partition coefficient (Wildman–Crippen LogP) is 6.98. The van der Waals surface area contributed by atoms with Crippen molar-refractivity contribution < 1.29 is 0 Å². The largest absolute Gasteiger partial charge is 0.146 e. The van der Waals surface area contributed by atoms with Gasteiger partial charge in [0.05, 0.1) is 0 Å². The second-order valence-electron chi connectivity index (χ2n) is 7.94. The van der Waals surface area contributed by atoms with Crippen LogP contribution in [0.5, 0.6) is 0 Å². The summed E-state index contributed by atoms with van der Waals surface area (Å²) in [4.78, 5) is 0. The van der Waals surface area contributed by atoms with Crippen LogP contribution in [0.4, 0.5) is 0 Å². The van der Waals surface area contributed by atoms with Gasteiger partial charge in [-0.3, -0.25) is 0 Å². The first kappa shape index (κ1) is 16.4. The maximum Gasteiger partial charge on any atom is 0.146 e. The van der Waals surface area contributed by atoms with Crippen LogP contribution in [-0.2, 0) is 0 Å². The van der Waals surface area contributed by atoms with Gasteiger partial charge in [0, 0.05) is 0 Å². The Balaban J connectivity index is 1.91. The number of unbranched alkanes of at least 4 members (excludes halogenated alkanes) is 1. The summed E-state index contributed by atoms with van der Waals surface area (Å²) in [7, 11) is 0. The summed E-state index contributed by atoms with van der Waals surface area (Å²) in [5.74, 6) is 3.16. The van der Waals surface area contributed by atoms with E-state index in [4.69, 9.17) is 0 Å². The van der Waals surface area contributed by atoms with E-state index in [1.165, 1.54) is 57.8 Å². The molecule has 1 unspecified atom stereocenters. The Morgan fingerprint density at radius 2 is 1.35 bits per heavy atom. The molecule has 0 aromatic carbocycles. The van der Waals surface area contributed by atoms with Crippen molar-refractivity contribution in [3.05, 3.63) is 0 Å². The quantitative estimate of drug-likeness (QED) is 0.440. The lowest BCUT2D eigenvalue weighted by Gasteiger charge is -2.37. The van der Waals surface area contributed by atoms with Gasteiger partial charge in [0.1, 0.15) is 6.71 Å². The zero-order valence-corrected chi connectivity index (χ0v) is 14.2. The van der Waals surface area contributed by atoms with E-state index in [0.717, 1.165) is 24.3 Å². The van der Waals surface area contributed by atoms with Crippen LogP contribution in [-0.4, -0.2) is 6.71 Å². The minimum absolute atomic E-state index is 0.976. The van der Waals surface area contributed by atoms with Gasteiger partial charge in [-0.25, -0.2) is 0 Å². The molecule has 0 aromatic heterocycles. The standard InChI is InChI=1S/C19H37B/c1-3-4-11-17(2)16-20(18-12-7-5-8-13-18)19-14-9-6-10-15-19/h17-19H,3-16H2,1-2H3. The molecule has 116 valence electrons. The summed E-state index contributed by atoms with van der Waals surface area (Å²) in [6, 6.07) is 0. The fraction of sp³-hybridized carbons (Fsp3) is 1.00. The zero-order chi connectivity index (χ0) is 14.2. The number of hydrogen-bond acceptors (Lipinski definition) is 0. The number of rotatable bonds is 7. The lowest BCUT2D eigenvalue weighted by molar-refractivity contribution is 0.450. The fourth-order valence-electron chi connectivity index (χ4n) is 5.03. The highest BCUT2D eigenvalue weighted by Crippen LogP contribution is 2.44. The van der Waals surface area contributed by atoms with Crippen LogP contribution in [0.2, 0.25) is 18.0 Å². The predicted molar refractivity (Wildman–Crippen MR) is 92.9 cm³/mol. The van der Waals surface area contributed by atoms with Crippen molar-refractivity contribution in [3.8, 4) is 0 Å². The molecule has 0 amide bonds. The molecule has 0 spiro atoms. The summed E-state index contributed by atoms with van der Waals surface area (Å²) in [6.07, 6.45) is 21.2. The average Bonchev–Trinajstić information content (AvgIpc) is 2.52. The highest BCUT2D eigenvalue weighted by molar-refractivity contribution is 6.62. The van der Waals surface area contributed by atoms with E-state index in [1.807, 2.05) is 0 Å². The molecule has 2 saturated carbocycles. The van der Waals surface area contributed by atoms with Crippen LogP contribution in [0, 0.1) is 5.92 Å². The van der Waals surface area contributed by atoms with Crippen LogP contribution in [0.1, 0.15) is 97.3 Å². The Bertz CT molecular complexity index is 220. The van der Waals surface area contributed by atoms with Gasteiger partial charge in [0.25, 0.3) is 0 Å². The van der Waals surface area contributed by atoms with Crippen molar-refractivity contribution in [1.29, 1.82) is 0 Å². The smallest absolute Gasteiger partial charge is 0.0711 e. The molecule has 0 radical (unpaired) electrons. The Morgan fingerprint density at radius 3 is 1.80 bits per heavy atom. The molecule has 0 heterocycles. The van der Waals surface area contributed by atoms with E-state index in [0.29, 0.717) is 0 Å². The summed E-state index contributed by atoms with van der Waals surface area (Å²) in [5.41, 5.74) is 0. The Kier molecular flexibility index (Phi) is 7.53. The first-order valence-electron chi connectivity index (χ1n) is 9.81. The van der Waals surface area contributed by atoms with Gasteiger partial charge in [0.15, 0.2) is 0 Å². The van der Waals surface area contributed by atoms with Crippen molar-refractivity contribution in [1.82, 2.24) is 0 Å². The molecular weight excluding hydrogens is 239 g/mol. The number of hydrogen-bond donors (Lipinski definition) is 0. The third-order valence-electron chi connectivity index (χ3n) is 6.24. The minimum Gasteiger partial charge on any atom is -0.0711 e. The topological polar surface area (TPSA) is 0 Å². The second-order valence-corrected chi connectivity index (χ2v) is 7.94. The van der Waals surface area contributed by atoms with E-state index < -0.39 is 0 Å². The Labute approximate surface area is 128 Å². The van der Waals surface area contributed by atoms with Gasteiger partial charge in [-0.15, -0.1) is 0 Å². The fourth-order valence-corrected chi connectivity index (χ4v) is 5.03. The lowest BCUT2D eigenvalue weighted by atomic mass is 9.28. The molecule has 0 N–H and O–H groups in total. The zero-order valence-electron chi connectivity index (χ0n) is 14.2. The van der Waals surface area contributed by atoms with Crippen molar-refractivity contribution >= 4 is 6.71 Å². The molecule has 20 heavy (non-hydrogen) atoms. The van der Waals surface area contributed by atoms with Gasteiger partial charge in [0.2, 0.25) is 0 Å². The first-order chi connectivity index (χ1) is 9.81. The van der Waals surface area contributed by atoms with Gasteiger partial charge >= 0.3 is 0 Å². The van der Waals surface area contributed by atoms with Gasteiger partial charge in [-0.2, -0.15) is 0 Å². The maximum absolute atomic E-state index is 2.54. The maximum atomic E-state index is 2.54. The second kappa shape index (κ2) is 9.16. The van der Waals surface area contributed by atoms with Crippen LogP contribution < -0.4 is 0 Å². The lowest BCUT2D eigenvalue weighted by Crippen LogP contribution is -2.31. The molecule has 2 fully saturated rings. The summed E-state index contributed by atoms with van der Waals surface area (Å²) in [6.45, 7) is 5.96. The van der Waals surface area contributed by atoms with Crippen molar-refractivity contribution in [2.75, 3.05) is 0 Å².